The van der Waals surface area contributed by atoms with Gasteiger partial charge in [0.2, 0.25) is 5.82 Å². The van der Waals surface area contributed by atoms with Crippen molar-refractivity contribution in [1.82, 2.24) is 10.3 Å². The van der Waals surface area contributed by atoms with Gasteiger partial charge in [-0.1, -0.05) is 12.1 Å². The van der Waals surface area contributed by atoms with Gasteiger partial charge in [0.05, 0.1) is 7.11 Å². The Labute approximate surface area is 115 Å². The van der Waals surface area contributed by atoms with Crippen molar-refractivity contribution in [2.24, 2.45) is 0 Å². The molecule has 0 aliphatic rings. The van der Waals surface area contributed by atoms with Crippen LogP contribution in [0.25, 0.3) is 0 Å². The van der Waals surface area contributed by atoms with Crippen LogP contribution in [-0.2, 0) is 11.2 Å². The SMILES string of the molecule is CCc1nonc1NC(=O)COc1ccc(OC)cc1. The van der Waals surface area contributed by atoms with Gasteiger partial charge in [0.15, 0.2) is 6.61 Å². The molecule has 0 unspecified atom stereocenters. The zero-order chi connectivity index (χ0) is 14.4. The molecule has 2 rings (SSSR count). The van der Waals surface area contributed by atoms with Gasteiger partial charge < -0.3 is 14.8 Å². The van der Waals surface area contributed by atoms with Gasteiger partial charge in [0, 0.05) is 0 Å². The summed E-state index contributed by atoms with van der Waals surface area (Å²) in [5, 5.41) is 9.86. The van der Waals surface area contributed by atoms with Gasteiger partial charge in [-0.3, -0.25) is 4.79 Å². The number of nitrogens with one attached hydrogen (secondary N) is 1. The number of aromatic nitrogens is 2. The number of ether oxygens (including phenoxy) is 2. The predicted molar refractivity (Wildman–Crippen MR) is 70.8 cm³/mol. The van der Waals surface area contributed by atoms with Crippen molar-refractivity contribution in [2.75, 3.05) is 19.0 Å². The van der Waals surface area contributed by atoms with E-state index in [0.29, 0.717) is 23.7 Å². The molecule has 1 aromatic heterocycles. The number of anilines is 1. The first-order valence-electron chi connectivity index (χ1n) is 6.11. The summed E-state index contributed by atoms with van der Waals surface area (Å²) in [5.74, 6) is 1.31. The fourth-order valence-electron chi connectivity index (χ4n) is 1.52. The maximum atomic E-state index is 11.7. The molecule has 0 fully saturated rings. The molecule has 106 valence electrons. The van der Waals surface area contributed by atoms with E-state index in [2.05, 4.69) is 20.3 Å². The third kappa shape index (κ3) is 3.47. The minimum absolute atomic E-state index is 0.123. The number of nitrogens with zero attached hydrogens (tertiary/aromatic N) is 2. The molecule has 0 atom stereocenters. The Hall–Kier alpha value is -2.57. The molecule has 1 amide bonds. The zero-order valence-corrected chi connectivity index (χ0v) is 11.3. The molecule has 0 radical (unpaired) electrons. The van der Waals surface area contributed by atoms with Crippen LogP contribution < -0.4 is 14.8 Å². The largest absolute Gasteiger partial charge is 0.497 e. The van der Waals surface area contributed by atoms with E-state index in [0.717, 1.165) is 5.75 Å². The molecular formula is C13H15N3O4. The average molecular weight is 277 g/mol. The lowest BCUT2D eigenvalue weighted by molar-refractivity contribution is -0.118. The molecule has 0 bridgehead atoms. The molecule has 20 heavy (non-hydrogen) atoms. The summed E-state index contributed by atoms with van der Waals surface area (Å²) in [7, 11) is 1.58. The molecule has 7 nitrogen and oxygen atoms in total. The van der Waals surface area contributed by atoms with Crippen LogP contribution in [0.3, 0.4) is 0 Å². The van der Waals surface area contributed by atoms with Crippen molar-refractivity contribution < 1.29 is 18.9 Å². The molecule has 1 N–H and O–H groups in total. The maximum Gasteiger partial charge on any atom is 0.263 e. The van der Waals surface area contributed by atoms with Crippen molar-refractivity contribution in [3.8, 4) is 11.5 Å². The summed E-state index contributed by atoms with van der Waals surface area (Å²) in [4.78, 5) is 11.7. The van der Waals surface area contributed by atoms with Gasteiger partial charge in [0.1, 0.15) is 17.2 Å². The quantitative estimate of drug-likeness (QED) is 0.864. The van der Waals surface area contributed by atoms with E-state index in [1.54, 1.807) is 31.4 Å². The Kier molecular flexibility index (Phi) is 4.54. The third-order valence-electron chi connectivity index (χ3n) is 2.58. The number of carbonyl (C=O) groups is 1. The van der Waals surface area contributed by atoms with Crippen LogP contribution in [0.5, 0.6) is 11.5 Å². The first kappa shape index (κ1) is 13.9. The van der Waals surface area contributed by atoms with Crippen LogP contribution >= 0.6 is 0 Å². The van der Waals surface area contributed by atoms with E-state index in [1.165, 1.54) is 0 Å². The minimum atomic E-state index is -0.328. The standard InChI is InChI=1S/C13H15N3O4/c1-3-11-13(16-20-15-11)14-12(17)8-19-10-6-4-9(18-2)5-7-10/h4-7H,3,8H2,1-2H3,(H,14,16,17). The van der Waals surface area contributed by atoms with Crippen molar-refractivity contribution in [1.29, 1.82) is 0 Å². The second kappa shape index (κ2) is 6.55. The molecule has 1 aromatic carbocycles. The molecule has 7 heteroatoms. The summed E-state index contributed by atoms with van der Waals surface area (Å²) < 4.78 is 14.9. The average Bonchev–Trinajstić information content (AvgIpc) is 2.92. The monoisotopic (exact) mass is 277 g/mol. The van der Waals surface area contributed by atoms with E-state index in [9.17, 15) is 4.79 Å². The van der Waals surface area contributed by atoms with Crippen molar-refractivity contribution in [2.45, 2.75) is 13.3 Å². The van der Waals surface area contributed by atoms with Crippen LogP contribution in [0.4, 0.5) is 5.82 Å². The van der Waals surface area contributed by atoms with E-state index in [-0.39, 0.29) is 12.5 Å². The highest BCUT2D eigenvalue weighted by molar-refractivity contribution is 5.91. The lowest BCUT2D eigenvalue weighted by Crippen LogP contribution is -2.21. The number of rotatable bonds is 6. The highest BCUT2D eigenvalue weighted by Gasteiger charge is 2.11. The van der Waals surface area contributed by atoms with Gasteiger partial charge >= 0.3 is 0 Å². The topological polar surface area (TPSA) is 86.5 Å². The highest BCUT2D eigenvalue weighted by atomic mass is 16.6. The lowest BCUT2D eigenvalue weighted by atomic mass is 10.3. The normalized spacial score (nSPS) is 10.1. The molecular weight excluding hydrogens is 262 g/mol. The van der Waals surface area contributed by atoms with Gasteiger partial charge in [-0.2, -0.15) is 0 Å². The van der Waals surface area contributed by atoms with Crippen LogP contribution in [-0.4, -0.2) is 29.9 Å². The van der Waals surface area contributed by atoms with E-state index in [4.69, 9.17) is 9.47 Å². The van der Waals surface area contributed by atoms with Crippen molar-refractivity contribution in [3.63, 3.8) is 0 Å². The second-order valence-corrected chi connectivity index (χ2v) is 3.93. The number of hydrogen-bond donors (Lipinski definition) is 1. The van der Waals surface area contributed by atoms with Crippen molar-refractivity contribution >= 4 is 11.7 Å². The molecule has 0 saturated carbocycles. The molecule has 0 saturated heterocycles. The summed E-state index contributed by atoms with van der Waals surface area (Å²) >= 11 is 0. The first-order chi connectivity index (χ1) is 9.72. The van der Waals surface area contributed by atoms with Gasteiger partial charge in [-0.05, 0) is 35.8 Å². The van der Waals surface area contributed by atoms with Crippen LogP contribution in [0, 0.1) is 0 Å². The molecule has 0 aliphatic heterocycles. The zero-order valence-electron chi connectivity index (χ0n) is 11.3. The minimum Gasteiger partial charge on any atom is -0.497 e. The molecule has 0 aliphatic carbocycles. The number of amides is 1. The smallest absolute Gasteiger partial charge is 0.263 e. The van der Waals surface area contributed by atoms with E-state index < -0.39 is 0 Å². The predicted octanol–water partition coefficient (Wildman–Crippen LogP) is 1.66. The summed E-state index contributed by atoms with van der Waals surface area (Å²) in [5.41, 5.74) is 0.600. The van der Waals surface area contributed by atoms with E-state index in [1.807, 2.05) is 6.92 Å². The van der Waals surface area contributed by atoms with E-state index >= 15 is 0 Å². The Morgan fingerprint density at radius 1 is 1.25 bits per heavy atom. The number of hydrogen-bond acceptors (Lipinski definition) is 6. The lowest BCUT2D eigenvalue weighted by Gasteiger charge is -2.06. The fourth-order valence-corrected chi connectivity index (χ4v) is 1.52. The van der Waals surface area contributed by atoms with Gasteiger partial charge in [-0.15, -0.1) is 0 Å². The second-order valence-electron chi connectivity index (χ2n) is 3.93. The Morgan fingerprint density at radius 3 is 2.60 bits per heavy atom. The fraction of sp³-hybridized carbons (Fsp3) is 0.308. The maximum absolute atomic E-state index is 11.7. The number of aryl methyl sites for hydroxylation is 1. The summed E-state index contributed by atoms with van der Waals surface area (Å²) in [6, 6.07) is 6.95. The third-order valence-corrected chi connectivity index (χ3v) is 2.58. The van der Waals surface area contributed by atoms with Gasteiger partial charge in [0.25, 0.3) is 5.91 Å². The first-order valence-corrected chi connectivity index (χ1v) is 6.11. The Morgan fingerprint density at radius 2 is 1.95 bits per heavy atom. The number of carbonyl (C=O) groups excluding carboxylic acids is 1. The Balaban J connectivity index is 1.85. The summed E-state index contributed by atoms with van der Waals surface area (Å²) in [6.07, 6.45) is 0.623. The van der Waals surface area contributed by atoms with Gasteiger partial charge in [-0.25, -0.2) is 4.63 Å². The molecule has 2 aromatic rings. The van der Waals surface area contributed by atoms with Crippen LogP contribution in [0.15, 0.2) is 28.9 Å². The van der Waals surface area contributed by atoms with Crippen LogP contribution in [0.1, 0.15) is 12.6 Å². The highest BCUT2D eigenvalue weighted by Crippen LogP contribution is 2.17. The number of methoxy groups -OCH3 is 1. The summed E-state index contributed by atoms with van der Waals surface area (Å²) in [6.45, 7) is 1.77. The Bertz CT molecular complexity index is 565. The van der Waals surface area contributed by atoms with Crippen LogP contribution in [0.2, 0.25) is 0 Å². The number of benzene rings is 1. The molecule has 0 spiro atoms. The molecule has 1 heterocycles. The van der Waals surface area contributed by atoms with Crippen molar-refractivity contribution in [3.05, 3.63) is 30.0 Å².